The maximum absolute atomic E-state index is 13.5. The molecule has 1 aliphatic carbocycles. The summed E-state index contributed by atoms with van der Waals surface area (Å²) in [5, 5.41) is 0.697. The third-order valence-electron chi connectivity index (χ3n) is 7.68. The van der Waals surface area contributed by atoms with Crippen LogP contribution < -0.4 is 5.56 Å². The fourth-order valence-corrected chi connectivity index (χ4v) is 6.72. The van der Waals surface area contributed by atoms with Gasteiger partial charge in [-0.15, -0.1) is 11.3 Å². The van der Waals surface area contributed by atoms with E-state index in [-0.39, 0.29) is 17.5 Å². The van der Waals surface area contributed by atoms with Gasteiger partial charge in [0.1, 0.15) is 4.70 Å². The highest BCUT2D eigenvalue weighted by molar-refractivity contribution is 7.22. The van der Waals surface area contributed by atoms with Crippen molar-refractivity contribution in [2.75, 3.05) is 26.2 Å². The van der Waals surface area contributed by atoms with Crippen molar-refractivity contribution < 1.29 is 4.79 Å². The molecular formula is C29H29ClN4O2S. The molecule has 0 saturated carbocycles. The van der Waals surface area contributed by atoms with E-state index >= 15 is 0 Å². The lowest BCUT2D eigenvalue weighted by atomic mass is 9.87. The van der Waals surface area contributed by atoms with Crippen molar-refractivity contribution in [3.63, 3.8) is 0 Å². The fourth-order valence-electron chi connectivity index (χ4n) is 5.55. The SMILES string of the molecule is CC(=O)N1CCN(Cc2ccc3c(c2)CC[C@H](n2cnc4cc(-c5ccc(Cl)cc5)sc4c2=O)C3)CC1. The Balaban J connectivity index is 1.18. The van der Waals surface area contributed by atoms with Gasteiger partial charge < -0.3 is 4.90 Å². The van der Waals surface area contributed by atoms with Gasteiger partial charge in [0.2, 0.25) is 5.91 Å². The Hall–Kier alpha value is -3.00. The molecule has 6 nitrogen and oxygen atoms in total. The van der Waals surface area contributed by atoms with Gasteiger partial charge in [-0.05, 0) is 59.7 Å². The Morgan fingerprint density at radius 3 is 2.59 bits per heavy atom. The van der Waals surface area contributed by atoms with E-state index in [1.807, 2.05) is 39.8 Å². The number of benzene rings is 2. The lowest BCUT2D eigenvalue weighted by Crippen LogP contribution is -2.47. The summed E-state index contributed by atoms with van der Waals surface area (Å²) in [6.07, 6.45) is 4.45. The molecule has 190 valence electrons. The van der Waals surface area contributed by atoms with Gasteiger partial charge in [0.05, 0.1) is 11.8 Å². The molecule has 0 unspecified atom stereocenters. The standard InChI is InChI=1S/C29H29ClN4O2S/c1-19(35)33-12-10-32(11-13-33)17-20-2-3-23-15-25(9-6-22(23)14-20)34-18-31-26-16-27(37-28(26)29(34)36)21-4-7-24(30)8-5-21/h2-5,7-8,14,16,18,25H,6,9-13,15,17H2,1H3/t25-/m0/s1. The summed E-state index contributed by atoms with van der Waals surface area (Å²) < 4.78 is 2.55. The number of carbonyl (C=O) groups is 1. The summed E-state index contributed by atoms with van der Waals surface area (Å²) in [4.78, 5) is 35.1. The second-order valence-corrected chi connectivity index (χ2v) is 11.6. The summed E-state index contributed by atoms with van der Waals surface area (Å²) in [5.41, 5.74) is 5.87. The van der Waals surface area contributed by atoms with Crippen LogP contribution in [0.4, 0.5) is 0 Å². The van der Waals surface area contributed by atoms with Crippen LogP contribution in [0, 0.1) is 0 Å². The number of aromatic nitrogens is 2. The van der Waals surface area contributed by atoms with Crippen molar-refractivity contribution in [2.24, 2.45) is 0 Å². The van der Waals surface area contributed by atoms with Crippen LogP contribution in [0.15, 0.2) is 59.7 Å². The highest BCUT2D eigenvalue weighted by Gasteiger charge is 2.24. The minimum absolute atomic E-state index is 0.0463. The van der Waals surface area contributed by atoms with Crippen LogP contribution in [0.1, 0.15) is 36.1 Å². The molecule has 2 aromatic carbocycles. The Morgan fingerprint density at radius 2 is 1.84 bits per heavy atom. The summed E-state index contributed by atoms with van der Waals surface area (Å²) in [6, 6.07) is 16.6. The van der Waals surface area contributed by atoms with E-state index in [2.05, 4.69) is 28.1 Å². The fraction of sp³-hybridized carbons (Fsp3) is 0.345. The Bertz CT molecular complexity index is 1520. The van der Waals surface area contributed by atoms with Gasteiger partial charge in [-0.1, -0.05) is 41.9 Å². The highest BCUT2D eigenvalue weighted by atomic mass is 35.5. The number of fused-ring (bicyclic) bond motifs is 2. The zero-order valence-electron chi connectivity index (χ0n) is 20.8. The van der Waals surface area contributed by atoms with E-state index in [0.717, 1.165) is 67.9 Å². The molecule has 37 heavy (non-hydrogen) atoms. The molecule has 3 heterocycles. The smallest absolute Gasteiger partial charge is 0.271 e. The predicted octanol–water partition coefficient (Wildman–Crippen LogP) is 5.17. The third-order valence-corrected chi connectivity index (χ3v) is 9.09. The van der Waals surface area contributed by atoms with E-state index < -0.39 is 0 Å². The largest absolute Gasteiger partial charge is 0.340 e. The van der Waals surface area contributed by atoms with Crippen molar-refractivity contribution in [2.45, 2.75) is 38.8 Å². The molecule has 1 atom stereocenters. The van der Waals surface area contributed by atoms with Crippen LogP contribution in [0.5, 0.6) is 0 Å². The Morgan fingerprint density at radius 1 is 1.05 bits per heavy atom. The maximum atomic E-state index is 13.5. The van der Waals surface area contributed by atoms with Crippen LogP contribution in [0.25, 0.3) is 20.7 Å². The van der Waals surface area contributed by atoms with Crippen LogP contribution in [-0.2, 0) is 24.2 Å². The molecule has 1 aliphatic heterocycles. The number of halogens is 1. The Labute approximate surface area is 225 Å². The minimum atomic E-state index is 0.0463. The molecule has 0 N–H and O–H groups in total. The van der Waals surface area contributed by atoms with Crippen molar-refractivity contribution in [1.29, 1.82) is 0 Å². The van der Waals surface area contributed by atoms with Crippen LogP contribution in [0.2, 0.25) is 5.02 Å². The predicted molar refractivity (Wildman–Crippen MR) is 149 cm³/mol. The number of thiophene rings is 1. The van der Waals surface area contributed by atoms with E-state index in [4.69, 9.17) is 11.6 Å². The molecule has 1 fully saturated rings. The number of hydrogen-bond donors (Lipinski definition) is 0. The first kappa shape index (κ1) is 24.3. The first-order chi connectivity index (χ1) is 17.9. The first-order valence-corrected chi connectivity index (χ1v) is 14.0. The van der Waals surface area contributed by atoms with Crippen molar-refractivity contribution in [1.82, 2.24) is 19.4 Å². The van der Waals surface area contributed by atoms with Crippen molar-refractivity contribution in [3.05, 3.63) is 86.9 Å². The lowest BCUT2D eigenvalue weighted by molar-refractivity contribution is -0.130. The van der Waals surface area contributed by atoms with Gasteiger partial charge >= 0.3 is 0 Å². The molecule has 6 rings (SSSR count). The lowest BCUT2D eigenvalue weighted by Gasteiger charge is -2.34. The van der Waals surface area contributed by atoms with Gasteiger partial charge in [-0.3, -0.25) is 19.1 Å². The van der Waals surface area contributed by atoms with Gasteiger partial charge in [0.25, 0.3) is 5.56 Å². The van der Waals surface area contributed by atoms with Gasteiger partial charge in [0, 0.05) is 55.6 Å². The normalized spacial score (nSPS) is 18.2. The minimum Gasteiger partial charge on any atom is -0.340 e. The van der Waals surface area contributed by atoms with E-state index in [0.29, 0.717) is 9.72 Å². The molecule has 8 heteroatoms. The first-order valence-electron chi connectivity index (χ1n) is 12.8. The maximum Gasteiger partial charge on any atom is 0.271 e. The highest BCUT2D eigenvalue weighted by Crippen LogP contribution is 2.33. The van der Waals surface area contributed by atoms with Crippen molar-refractivity contribution >= 4 is 39.1 Å². The second-order valence-electron chi connectivity index (χ2n) is 10.1. The number of piperazine rings is 1. The average Bonchev–Trinajstić information content (AvgIpc) is 3.35. The van der Waals surface area contributed by atoms with Crippen molar-refractivity contribution in [3.8, 4) is 10.4 Å². The van der Waals surface area contributed by atoms with Crippen LogP contribution >= 0.6 is 22.9 Å². The molecule has 1 amide bonds. The average molecular weight is 533 g/mol. The van der Waals surface area contributed by atoms with Gasteiger partial charge in [-0.25, -0.2) is 4.98 Å². The van der Waals surface area contributed by atoms with Crippen LogP contribution in [-0.4, -0.2) is 51.4 Å². The van der Waals surface area contributed by atoms with E-state index in [1.54, 1.807) is 13.3 Å². The molecule has 4 aromatic rings. The number of aryl methyl sites for hydroxylation is 1. The second kappa shape index (κ2) is 10.0. The van der Waals surface area contributed by atoms with E-state index in [1.165, 1.54) is 28.0 Å². The number of nitrogens with zero attached hydrogens (tertiary/aromatic N) is 4. The number of amides is 1. The number of hydrogen-bond acceptors (Lipinski definition) is 5. The molecule has 0 radical (unpaired) electrons. The van der Waals surface area contributed by atoms with E-state index in [9.17, 15) is 9.59 Å². The third kappa shape index (κ3) is 4.96. The monoisotopic (exact) mass is 532 g/mol. The molecule has 0 spiro atoms. The number of carbonyl (C=O) groups excluding carboxylic acids is 1. The Kier molecular flexibility index (Phi) is 6.61. The molecule has 0 bridgehead atoms. The van der Waals surface area contributed by atoms with Gasteiger partial charge in [-0.2, -0.15) is 0 Å². The zero-order chi connectivity index (χ0) is 25.5. The number of rotatable bonds is 4. The molecule has 2 aliphatic rings. The molecule has 1 saturated heterocycles. The summed E-state index contributed by atoms with van der Waals surface area (Å²) in [7, 11) is 0. The topological polar surface area (TPSA) is 58.4 Å². The van der Waals surface area contributed by atoms with Crippen LogP contribution in [0.3, 0.4) is 0 Å². The summed E-state index contributed by atoms with van der Waals surface area (Å²) >= 11 is 7.54. The molecule has 2 aromatic heterocycles. The molecular weight excluding hydrogens is 504 g/mol. The summed E-state index contributed by atoms with van der Waals surface area (Å²) in [5.74, 6) is 0.164. The van der Waals surface area contributed by atoms with Gasteiger partial charge in [0.15, 0.2) is 0 Å². The zero-order valence-corrected chi connectivity index (χ0v) is 22.4. The quantitative estimate of drug-likeness (QED) is 0.364. The summed E-state index contributed by atoms with van der Waals surface area (Å²) in [6.45, 7) is 6.00.